The van der Waals surface area contributed by atoms with Gasteiger partial charge in [0.1, 0.15) is 22.9 Å². The molecule has 2 atom stereocenters. The zero-order valence-electron chi connectivity index (χ0n) is 19.6. The predicted molar refractivity (Wildman–Crippen MR) is 121 cm³/mol. The highest BCUT2D eigenvalue weighted by molar-refractivity contribution is 5.64. The molecule has 0 amide bonds. The van der Waals surface area contributed by atoms with E-state index >= 15 is 0 Å². The van der Waals surface area contributed by atoms with Crippen molar-refractivity contribution in [2.24, 2.45) is 11.8 Å². The van der Waals surface area contributed by atoms with Crippen LogP contribution in [0.4, 0.5) is 30.7 Å². The maximum Gasteiger partial charge on any atom is 0.432 e. The summed E-state index contributed by atoms with van der Waals surface area (Å²) in [5, 5.41) is 0. The van der Waals surface area contributed by atoms with E-state index in [1.807, 2.05) is 0 Å². The number of halogens is 7. The molecule has 3 aromatic carbocycles. The Morgan fingerprint density at radius 3 is 1.84 bits per heavy atom. The minimum atomic E-state index is -4.64. The minimum absolute atomic E-state index is 0.00887. The lowest BCUT2D eigenvalue weighted by atomic mass is 9.73. The summed E-state index contributed by atoms with van der Waals surface area (Å²) in [4.78, 5) is 0. The third kappa shape index (κ3) is 5.19. The summed E-state index contributed by atoms with van der Waals surface area (Å²) in [5.41, 5.74) is -0.417. The van der Waals surface area contributed by atoms with E-state index in [4.69, 9.17) is 4.74 Å². The molecule has 0 bridgehead atoms. The van der Waals surface area contributed by atoms with Gasteiger partial charge in [0.25, 0.3) is 0 Å². The summed E-state index contributed by atoms with van der Waals surface area (Å²) in [5.74, 6) is -8.50. The van der Waals surface area contributed by atoms with Gasteiger partial charge in [0.15, 0.2) is 17.5 Å². The van der Waals surface area contributed by atoms with Crippen molar-refractivity contribution in [3.05, 3.63) is 88.7 Å². The van der Waals surface area contributed by atoms with Crippen molar-refractivity contribution in [3.8, 4) is 16.9 Å². The number of alkyl halides is 2. The molecule has 1 saturated heterocycles. The molecule has 1 aliphatic carbocycles. The topological polar surface area (TPSA) is 18.5 Å². The Kier molecular flexibility index (Phi) is 6.91. The highest BCUT2D eigenvalue weighted by Gasteiger charge is 2.41. The van der Waals surface area contributed by atoms with Gasteiger partial charge in [0, 0.05) is 12.1 Å². The Bertz CT molecular complexity index is 1230. The number of rotatable bonds is 6. The number of hydrogen-bond acceptors (Lipinski definition) is 2. The Hall–Kier alpha value is -3.07. The lowest BCUT2D eigenvalue weighted by molar-refractivity contribution is -0.189. The van der Waals surface area contributed by atoms with E-state index in [9.17, 15) is 30.7 Å². The molecule has 2 aliphatic rings. The largest absolute Gasteiger partial charge is 0.432 e. The van der Waals surface area contributed by atoms with Crippen molar-refractivity contribution in [2.75, 3.05) is 6.61 Å². The summed E-state index contributed by atoms with van der Waals surface area (Å²) >= 11 is 0. The van der Waals surface area contributed by atoms with Gasteiger partial charge in [-0.1, -0.05) is 43.5 Å². The van der Waals surface area contributed by atoms with Gasteiger partial charge < -0.3 is 9.47 Å². The van der Waals surface area contributed by atoms with Gasteiger partial charge in [-0.15, -0.1) is 0 Å². The van der Waals surface area contributed by atoms with Crippen LogP contribution < -0.4 is 4.74 Å². The second kappa shape index (κ2) is 10.0. The standard InChI is InChI=1S/C28H23F7O2/c29-21-10-19(11-22(30)26(21)28(34,35)37-20-12-23(31)27(33)24(32)13-20)16-4-6-17(7-5-16)25-9-8-18(14-36-25)15-2-1-3-15/h4-7,10-13,15,18,25H,1-3,8-9,14H2. The first-order chi connectivity index (χ1) is 17.6. The minimum Gasteiger partial charge on any atom is -0.429 e. The van der Waals surface area contributed by atoms with Crippen molar-refractivity contribution in [2.45, 2.75) is 44.3 Å². The molecule has 1 saturated carbocycles. The zero-order chi connectivity index (χ0) is 26.3. The Balaban J connectivity index is 1.31. The lowest BCUT2D eigenvalue weighted by Crippen LogP contribution is -2.30. The zero-order valence-corrected chi connectivity index (χ0v) is 19.6. The van der Waals surface area contributed by atoms with E-state index in [1.165, 1.54) is 19.3 Å². The fraction of sp³-hybridized carbons (Fsp3) is 0.357. The Morgan fingerprint density at radius 2 is 1.32 bits per heavy atom. The van der Waals surface area contributed by atoms with Crippen LogP contribution in [0.15, 0.2) is 48.5 Å². The van der Waals surface area contributed by atoms with Gasteiger partial charge in [-0.2, -0.15) is 8.78 Å². The molecule has 0 N–H and O–H groups in total. The SMILES string of the molecule is Fc1cc(OC(F)(F)c2c(F)cc(-c3ccc(C4CCC(C5CCC5)CO4)cc3)cc2F)cc(F)c1F. The van der Waals surface area contributed by atoms with E-state index in [0.717, 1.165) is 36.5 Å². The van der Waals surface area contributed by atoms with E-state index in [2.05, 4.69) is 4.74 Å². The van der Waals surface area contributed by atoms with Gasteiger partial charge in [-0.3, -0.25) is 0 Å². The van der Waals surface area contributed by atoms with Crippen LogP contribution in [0.3, 0.4) is 0 Å². The van der Waals surface area contributed by atoms with E-state index in [0.29, 0.717) is 18.1 Å². The molecular weight excluding hydrogens is 501 g/mol. The van der Waals surface area contributed by atoms with E-state index in [1.54, 1.807) is 24.3 Å². The normalized spacial score (nSPS) is 20.5. The van der Waals surface area contributed by atoms with Crippen molar-refractivity contribution in [3.63, 3.8) is 0 Å². The fourth-order valence-electron chi connectivity index (χ4n) is 5.02. The molecule has 3 aromatic rings. The summed E-state index contributed by atoms with van der Waals surface area (Å²) in [6.45, 7) is 0.711. The second-order valence-corrected chi connectivity index (χ2v) is 9.61. The maximum absolute atomic E-state index is 14.7. The molecule has 5 rings (SSSR count). The summed E-state index contributed by atoms with van der Waals surface area (Å²) < 4.78 is 108. The molecule has 0 spiro atoms. The van der Waals surface area contributed by atoms with E-state index in [-0.39, 0.29) is 23.8 Å². The number of benzene rings is 3. The summed E-state index contributed by atoms with van der Waals surface area (Å²) in [7, 11) is 0. The monoisotopic (exact) mass is 524 g/mol. The number of hydrogen-bond donors (Lipinski definition) is 0. The molecule has 2 unspecified atom stereocenters. The average molecular weight is 524 g/mol. The third-order valence-electron chi connectivity index (χ3n) is 7.28. The van der Waals surface area contributed by atoms with Crippen molar-refractivity contribution in [1.29, 1.82) is 0 Å². The van der Waals surface area contributed by atoms with Crippen LogP contribution in [0.1, 0.15) is 49.3 Å². The quantitative estimate of drug-likeness (QED) is 0.238. The summed E-state index contributed by atoms with van der Waals surface area (Å²) in [6, 6.07) is 8.56. The highest BCUT2D eigenvalue weighted by Crippen LogP contribution is 2.42. The molecule has 0 radical (unpaired) electrons. The first-order valence-electron chi connectivity index (χ1n) is 12.0. The van der Waals surface area contributed by atoms with Gasteiger partial charge >= 0.3 is 6.11 Å². The van der Waals surface area contributed by atoms with Crippen molar-refractivity contribution in [1.82, 2.24) is 0 Å². The molecule has 1 aliphatic heterocycles. The Labute approximate surface area is 209 Å². The molecule has 2 nitrogen and oxygen atoms in total. The van der Waals surface area contributed by atoms with Crippen LogP contribution in [-0.4, -0.2) is 6.61 Å². The maximum atomic E-state index is 14.7. The molecule has 9 heteroatoms. The van der Waals surface area contributed by atoms with Gasteiger partial charge in [-0.25, -0.2) is 22.0 Å². The van der Waals surface area contributed by atoms with Crippen molar-refractivity contribution >= 4 is 0 Å². The molecular formula is C28H23F7O2. The van der Waals surface area contributed by atoms with Crippen LogP contribution in [0.2, 0.25) is 0 Å². The fourth-order valence-corrected chi connectivity index (χ4v) is 5.02. The molecule has 1 heterocycles. The number of ether oxygens (including phenoxy) is 2. The summed E-state index contributed by atoms with van der Waals surface area (Å²) in [6.07, 6.45) is 1.08. The van der Waals surface area contributed by atoms with Crippen LogP contribution >= 0.6 is 0 Å². The van der Waals surface area contributed by atoms with Gasteiger partial charge in [0.05, 0.1) is 12.7 Å². The van der Waals surface area contributed by atoms with Crippen LogP contribution in [0.25, 0.3) is 11.1 Å². The average Bonchev–Trinajstić information content (AvgIpc) is 2.81. The van der Waals surface area contributed by atoms with E-state index < -0.39 is 46.5 Å². The smallest absolute Gasteiger partial charge is 0.429 e. The van der Waals surface area contributed by atoms with Crippen molar-refractivity contribution < 1.29 is 40.2 Å². The molecule has 0 aromatic heterocycles. The molecule has 37 heavy (non-hydrogen) atoms. The first kappa shape index (κ1) is 25.6. The second-order valence-electron chi connectivity index (χ2n) is 9.61. The highest BCUT2D eigenvalue weighted by atomic mass is 19.3. The lowest BCUT2D eigenvalue weighted by Gasteiger charge is -2.38. The third-order valence-corrected chi connectivity index (χ3v) is 7.28. The van der Waals surface area contributed by atoms with Crippen LogP contribution in [0.5, 0.6) is 5.75 Å². The molecule has 2 fully saturated rings. The van der Waals surface area contributed by atoms with Gasteiger partial charge in [-0.05, 0) is 53.5 Å². The van der Waals surface area contributed by atoms with Crippen LogP contribution in [-0.2, 0) is 10.8 Å². The molecule has 196 valence electrons. The van der Waals surface area contributed by atoms with Gasteiger partial charge in [0.2, 0.25) is 0 Å². The van der Waals surface area contributed by atoms with Crippen LogP contribution in [0, 0.1) is 40.9 Å². The predicted octanol–water partition coefficient (Wildman–Crippen LogP) is 8.45. The Morgan fingerprint density at radius 1 is 0.703 bits per heavy atom. The first-order valence-corrected chi connectivity index (χ1v) is 12.0.